The molecule has 0 aliphatic rings. The van der Waals surface area contributed by atoms with Crippen molar-refractivity contribution in [2.45, 2.75) is 31.0 Å². The third-order valence-corrected chi connectivity index (χ3v) is 3.70. The van der Waals surface area contributed by atoms with Crippen molar-refractivity contribution in [1.29, 1.82) is 0 Å². The Morgan fingerprint density at radius 2 is 2.06 bits per heavy atom. The van der Waals surface area contributed by atoms with Gasteiger partial charge in [0.1, 0.15) is 0 Å². The lowest BCUT2D eigenvalue weighted by atomic mass is 10.2. The fraction of sp³-hybridized carbons (Fsp3) is 0.500. The highest BCUT2D eigenvalue weighted by Gasteiger charge is 2.15. The second-order valence-corrected chi connectivity index (χ2v) is 5.28. The minimum atomic E-state index is -0.525. The fourth-order valence-corrected chi connectivity index (χ4v) is 1.95. The summed E-state index contributed by atoms with van der Waals surface area (Å²) in [6.07, 6.45) is 0. The molecule has 0 spiro atoms. The van der Waals surface area contributed by atoms with Crippen LogP contribution in [0.5, 0.6) is 0 Å². The number of nitrogens with zero attached hydrogens (tertiary/aromatic N) is 2. The first-order chi connectivity index (χ1) is 7.41. The summed E-state index contributed by atoms with van der Waals surface area (Å²) in [7, 11) is 0. The normalized spacial score (nSPS) is 12.8. The summed E-state index contributed by atoms with van der Waals surface area (Å²) in [5, 5.41) is 11.7. The molecular formula is C10H15N3O2S. The van der Waals surface area contributed by atoms with E-state index in [1.165, 1.54) is 6.07 Å². The number of nitro groups is 1. The summed E-state index contributed by atoms with van der Waals surface area (Å²) in [6, 6.07) is 3.04. The first-order valence-electron chi connectivity index (χ1n) is 4.99. The lowest BCUT2D eigenvalue weighted by molar-refractivity contribution is -0.384. The molecule has 6 heteroatoms. The van der Waals surface area contributed by atoms with Gasteiger partial charge in [0.2, 0.25) is 5.82 Å². The van der Waals surface area contributed by atoms with Crippen molar-refractivity contribution in [2.75, 3.05) is 5.73 Å². The highest BCUT2D eigenvalue weighted by molar-refractivity contribution is 7.99. The van der Waals surface area contributed by atoms with Crippen LogP contribution >= 0.6 is 11.8 Å². The number of thioether (sulfide) groups is 1. The molecule has 0 saturated carbocycles. The monoisotopic (exact) mass is 241 g/mol. The third-order valence-electron chi connectivity index (χ3n) is 2.32. The molecule has 5 nitrogen and oxygen atoms in total. The second kappa shape index (κ2) is 5.16. The van der Waals surface area contributed by atoms with Crippen molar-refractivity contribution in [3.05, 3.63) is 22.2 Å². The molecule has 0 aliphatic carbocycles. The molecular weight excluding hydrogens is 226 g/mol. The topological polar surface area (TPSA) is 82.0 Å². The number of nitrogens with two attached hydrogens (primary N) is 1. The Morgan fingerprint density at radius 1 is 1.44 bits per heavy atom. The average molecular weight is 241 g/mol. The Bertz CT molecular complexity index is 396. The van der Waals surface area contributed by atoms with Crippen LogP contribution in [0.25, 0.3) is 0 Å². The number of hydrogen-bond donors (Lipinski definition) is 1. The number of nitrogen functional groups attached to an aromatic ring is 1. The largest absolute Gasteiger partial charge is 0.378 e. The average Bonchev–Trinajstić information content (AvgIpc) is 2.16. The van der Waals surface area contributed by atoms with Crippen LogP contribution in [-0.2, 0) is 0 Å². The van der Waals surface area contributed by atoms with Gasteiger partial charge in [-0.3, -0.25) is 10.1 Å². The molecule has 1 aromatic heterocycles. The van der Waals surface area contributed by atoms with E-state index < -0.39 is 4.92 Å². The van der Waals surface area contributed by atoms with Crippen molar-refractivity contribution in [2.24, 2.45) is 5.92 Å². The van der Waals surface area contributed by atoms with Gasteiger partial charge in [-0.15, -0.1) is 11.8 Å². The van der Waals surface area contributed by atoms with Gasteiger partial charge in [0.15, 0.2) is 0 Å². The molecule has 1 aromatic rings. The standard InChI is InChI=1S/C10H15N3O2S/c1-6(2)7(3)16-9-5-4-8(13(14)15)10(11)12-9/h4-7H,1-3H3,(H2,11,12). The van der Waals surface area contributed by atoms with Gasteiger partial charge in [-0.05, 0) is 12.0 Å². The summed E-state index contributed by atoms with van der Waals surface area (Å²) >= 11 is 1.57. The van der Waals surface area contributed by atoms with E-state index in [0.29, 0.717) is 11.2 Å². The van der Waals surface area contributed by atoms with Crippen LogP contribution in [0.1, 0.15) is 20.8 Å². The van der Waals surface area contributed by atoms with Crippen LogP contribution in [0.15, 0.2) is 17.2 Å². The number of rotatable bonds is 4. The Hall–Kier alpha value is -1.30. The molecule has 16 heavy (non-hydrogen) atoms. The van der Waals surface area contributed by atoms with Gasteiger partial charge in [0, 0.05) is 11.3 Å². The molecule has 0 aromatic carbocycles. The first-order valence-corrected chi connectivity index (χ1v) is 5.87. The molecule has 1 heterocycles. The number of aromatic nitrogens is 1. The van der Waals surface area contributed by atoms with Gasteiger partial charge in [0.25, 0.3) is 0 Å². The van der Waals surface area contributed by atoms with E-state index in [1.807, 2.05) is 0 Å². The van der Waals surface area contributed by atoms with E-state index in [0.717, 1.165) is 5.03 Å². The van der Waals surface area contributed by atoms with Gasteiger partial charge in [-0.25, -0.2) is 4.98 Å². The summed E-state index contributed by atoms with van der Waals surface area (Å²) in [4.78, 5) is 14.0. The van der Waals surface area contributed by atoms with Crippen molar-refractivity contribution in [3.8, 4) is 0 Å². The zero-order valence-electron chi connectivity index (χ0n) is 9.51. The van der Waals surface area contributed by atoms with Crippen LogP contribution in [0.2, 0.25) is 0 Å². The van der Waals surface area contributed by atoms with Crippen LogP contribution in [0, 0.1) is 16.0 Å². The minimum Gasteiger partial charge on any atom is -0.378 e. The van der Waals surface area contributed by atoms with Crippen LogP contribution in [-0.4, -0.2) is 15.2 Å². The van der Waals surface area contributed by atoms with Gasteiger partial charge in [-0.1, -0.05) is 20.8 Å². The third kappa shape index (κ3) is 3.10. The maximum absolute atomic E-state index is 10.5. The zero-order valence-corrected chi connectivity index (χ0v) is 10.3. The quantitative estimate of drug-likeness (QED) is 0.498. The van der Waals surface area contributed by atoms with Gasteiger partial charge in [-0.2, -0.15) is 0 Å². The molecule has 0 saturated heterocycles. The molecule has 0 fully saturated rings. The van der Waals surface area contributed by atoms with Crippen molar-refractivity contribution < 1.29 is 4.92 Å². The van der Waals surface area contributed by atoms with E-state index in [1.54, 1.807) is 17.8 Å². The second-order valence-electron chi connectivity index (χ2n) is 3.88. The SMILES string of the molecule is CC(C)C(C)Sc1ccc([N+](=O)[O-])c(N)n1. The van der Waals surface area contributed by atoms with E-state index >= 15 is 0 Å². The minimum absolute atomic E-state index is 0.0223. The van der Waals surface area contributed by atoms with E-state index in [-0.39, 0.29) is 11.5 Å². The smallest absolute Gasteiger partial charge is 0.311 e. The van der Waals surface area contributed by atoms with Crippen molar-refractivity contribution in [1.82, 2.24) is 4.98 Å². The molecule has 0 aliphatic heterocycles. The highest BCUT2D eigenvalue weighted by Crippen LogP contribution is 2.29. The molecule has 1 unspecified atom stereocenters. The van der Waals surface area contributed by atoms with Crippen LogP contribution in [0.3, 0.4) is 0 Å². The maximum Gasteiger partial charge on any atom is 0.311 e. The zero-order chi connectivity index (χ0) is 12.3. The Labute approximate surface area is 98.6 Å². The molecule has 0 bridgehead atoms. The lowest BCUT2D eigenvalue weighted by Gasteiger charge is -2.14. The van der Waals surface area contributed by atoms with Crippen LogP contribution in [0.4, 0.5) is 11.5 Å². The van der Waals surface area contributed by atoms with Gasteiger partial charge in [0.05, 0.1) is 9.95 Å². The van der Waals surface area contributed by atoms with Crippen molar-refractivity contribution >= 4 is 23.3 Å². The molecule has 2 N–H and O–H groups in total. The molecule has 1 rings (SSSR count). The van der Waals surface area contributed by atoms with E-state index in [9.17, 15) is 10.1 Å². The number of hydrogen-bond acceptors (Lipinski definition) is 5. The summed E-state index contributed by atoms with van der Waals surface area (Å²) in [5.74, 6) is 0.495. The van der Waals surface area contributed by atoms with E-state index in [4.69, 9.17) is 5.73 Å². The predicted molar refractivity (Wildman–Crippen MR) is 65.5 cm³/mol. The first kappa shape index (κ1) is 12.8. The molecule has 0 amide bonds. The number of pyridine rings is 1. The Balaban J connectivity index is 2.85. The number of anilines is 1. The van der Waals surface area contributed by atoms with Crippen LogP contribution < -0.4 is 5.73 Å². The van der Waals surface area contributed by atoms with E-state index in [2.05, 4.69) is 25.8 Å². The Morgan fingerprint density at radius 3 is 2.50 bits per heavy atom. The predicted octanol–water partition coefficient (Wildman–Crippen LogP) is 2.71. The molecule has 1 atom stereocenters. The lowest BCUT2D eigenvalue weighted by Crippen LogP contribution is -2.06. The highest BCUT2D eigenvalue weighted by atomic mass is 32.2. The maximum atomic E-state index is 10.5. The van der Waals surface area contributed by atoms with Crippen molar-refractivity contribution in [3.63, 3.8) is 0 Å². The summed E-state index contributed by atoms with van der Waals surface area (Å²) < 4.78 is 0. The molecule has 0 radical (unpaired) electrons. The fourth-order valence-electron chi connectivity index (χ4n) is 0.995. The van der Waals surface area contributed by atoms with Gasteiger partial charge >= 0.3 is 5.69 Å². The Kier molecular flexibility index (Phi) is 4.12. The summed E-state index contributed by atoms with van der Waals surface area (Å²) in [6.45, 7) is 6.33. The van der Waals surface area contributed by atoms with Gasteiger partial charge < -0.3 is 5.73 Å². The summed E-state index contributed by atoms with van der Waals surface area (Å²) in [5.41, 5.74) is 5.37. The molecule has 88 valence electrons.